The van der Waals surface area contributed by atoms with Gasteiger partial charge in [-0.05, 0) is 105 Å². The lowest BCUT2D eigenvalue weighted by Gasteiger charge is -2.12. The Hall–Kier alpha value is -3.23. The highest BCUT2D eigenvalue weighted by Crippen LogP contribution is 2.33. The molecule has 9 heteroatoms. The molecule has 0 radical (unpaired) electrons. The van der Waals surface area contributed by atoms with Gasteiger partial charge in [0.05, 0.1) is 13.0 Å². The molecule has 0 aliphatic heterocycles. The van der Waals surface area contributed by atoms with Crippen molar-refractivity contribution < 1.29 is 14.5 Å². The summed E-state index contributed by atoms with van der Waals surface area (Å²) in [5.74, 6) is 0.105. The molecule has 0 saturated heterocycles. The standard InChI is InChI=1S/C25H19BrIN3O4/c1-15-3-8-23(16(2)9-15)29-25(31)19(13-28)10-18-11-21(26)24(22(27)12-18)34-14-17-4-6-20(7-5-17)30(32)33/h3-12H,14H2,1-2H3,(H,29,31)/b19-10+. The summed E-state index contributed by atoms with van der Waals surface area (Å²) in [6.45, 7) is 4.09. The molecule has 34 heavy (non-hydrogen) atoms. The zero-order chi connectivity index (χ0) is 24.8. The van der Waals surface area contributed by atoms with E-state index >= 15 is 0 Å². The number of aryl methyl sites for hydroxylation is 2. The molecular weight excluding hydrogens is 613 g/mol. The molecule has 0 unspecified atom stereocenters. The average Bonchev–Trinajstić information content (AvgIpc) is 2.79. The molecule has 0 aliphatic rings. The summed E-state index contributed by atoms with van der Waals surface area (Å²) in [5.41, 5.74) is 4.09. The van der Waals surface area contributed by atoms with Gasteiger partial charge in [-0.2, -0.15) is 5.26 Å². The van der Waals surface area contributed by atoms with Crippen molar-refractivity contribution >= 4 is 61.9 Å². The Morgan fingerprint density at radius 2 is 1.91 bits per heavy atom. The summed E-state index contributed by atoms with van der Waals surface area (Å²) in [5, 5.41) is 23.1. The molecule has 1 N–H and O–H groups in total. The second-order valence-electron chi connectivity index (χ2n) is 7.47. The highest BCUT2D eigenvalue weighted by molar-refractivity contribution is 14.1. The van der Waals surface area contributed by atoms with Crippen molar-refractivity contribution in [1.82, 2.24) is 0 Å². The number of anilines is 1. The van der Waals surface area contributed by atoms with E-state index in [2.05, 4.69) is 43.8 Å². The lowest BCUT2D eigenvalue weighted by atomic mass is 10.1. The number of nitriles is 1. The Morgan fingerprint density at radius 1 is 1.21 bits per heavy atom. The Bertz CT molecular complexity index is 1310. The number of carbonyl (C=O) groups is 1. The van der Waals surface area contributed by atoms with Crippen LogP contribution in [-0.4, -0.2) is 10.8 Å². The zero-order valence-electron chi connectivity index (χ0n) is 18.3. The van der Waals surface area contributed by atoms with Gasteiger partial charge in [-0.25, -0.2) is 0 Å². The minimum atomic E-state index is -0.487. The minimum Gasteiger partial charge on any atom is -0.487 e. The maximum atomic E-state index is 12.7. The fourth-order valence-electron chi connectivity index (χ4n) is 3.13. The molecule has 0 fully saturated rings. The largest absolute Gasteiger partial charge is 0.487 e. The van der Waals surface area contributed by atoms with Crippen LogP contribution < -0.4 is 10.1 Å². The predicted octanol–water partition coefficient (Wildman–Crippen LogP) is 6.70. The van der Waals surface area contributed by atoms with Crippen LogP contribution in [0.3, 0.4) is 0 Å². The fourth-order valence-corrected chi connectivity index (χ4v) is 4.90. The molecular formula is C25H19BrIN3O4. The molecule has 0 atom stereocenters. The molecule has 0 heterocycles. The molecule has 3 rings (SSSR count). The van der Waals surface area contributed by atoms with Crippen LogP contribution in [-0.2, 0) is 11.4 Å². The van der Waals surface area contributed by atoms with Gasteiger partial charge in [0.1, 0.15) is 24.0 Å². The van der Waals surface area contributed by atoms with Gasteiger partial charge in [-0.15, -0.1) is 0 Å². The van der Waals surface area contributed by atoms with Gasteiger partial charge in [0.25, 0.3) is 11.6 Å². The van der Waals surface area contributed by atoms with Crippen LogP contribution in [0.25, 0.3) is 6.08 Å². The fraction of sp³-hybridized carbons (Fsp3) is 0.120. The van der Waals surface area contributed by atoms with Crippen molar-refractivity contribution in [2.75, 3.05) is 5.32 Å². The van der Waals surface area contributed by atoms with Crippen molar-refractivity contribution in [3.63, 3.8) is 0 Å². The summed E-state index contributed by atoms with van der Waals surface area (Å²) in [6.07, 6.45) is 1.52. The second kappa shape index (κ2) is 11.3. The Balaban J connectivity index is 1.76. The first kappa shape index (κ1) is 25.4. The maximum Gasteiger partial charge on any atom is 0.269 e. The van der Waals surface area contributed by atoms with Gasteiger partial charge in [0.2, 0.25) is 0 Å². The molecule has 0 spiro atoms. The van der Waals surface area contributed by atoms with Crippen molar-refractivity contribution in [3.8, 4) is 11.8 Å². The number of nitro benzene ring substituents is 1. The third-order valence-electron chi connectivity index (χ3n) is 4.86. The number of carbonyl (C=O) groups excluding carboxylic acids is 1. The van der Waals surface area contributed by atoms with E-state index in [1.54, 1.807) is 24.3 Å². The van der Waals surface area contributed by atoms with Gasteiger partial charge in [0, 0.05) is 17.8 Å². The molecule has 0 bridgehead atoms. The number of nitrogens with zero attached hydrogens (tertiary/aromatic N) is 2. The summed E-state index contributed by atoms with van der Waals surface area (Å²) in [4.78, 5) is 23.0. The van der Waals surface area contributed by atoms with E-state index in [4.69, 9.17) is 4.74 Å². The van der Waals surface area contributed by atoms with Crippen molar-refractivity contribution in [3.05, 3.63) is 101 Å². The lowest BCUT2D eigenvalue weighted by molar-refractivity contribution is -0.384. The first-order chi connectivity index (χ1) is 16.2. The van der Waals surface area contributed by atoms with Crippen LogP contribution in [0.15, 0.2) is 64.6 Å². The topological polar surface area (TPSA) is 105 Å². The van der Waals surface area contributed by atoms with Gasteiger partial charge in [-0.1, -0.05) is 17.7 Å². The van der Waals surface area contributed by atoms with Crippen LogP contribution in [0.5, 0.6) is 5.75 Å². The number of benzene rings is 3. The molecule has 3 aromatic rings. The van der Waals surface area contributed by atoms with E-state index in [0.717, 1.165) is 20.3 Å². The SMILES string of the molecule is Cc1ccc(NC(=O)/C(C#N)=C/c2cc(Br)c(OCc3ccc([N+](=O)[O-])cc3)c(I)c2)c(C)c1. The Labute approximate surface area is 218 Å². The van der Waals surface area contributed by atoms with E-state index in [0.29, 0.717) is 21.5 Å². The highest BCUT2D eigenvalue weighted by atomic mass is 127. The Kier molecular flexibility index (Phi) is 8.41. The number of non-ortho nitro benzene ring substituents is 1. The van der Waals surface area contributed by atoms with Crippen molar-refractivity contribution in [1.29, 1.82) is 5.26 Å². The minimum absolute atomic E-state index is 0.0190. The molecule has 0 aliphatic carbocycles. The molecule has 1 amide bonds. The number of rotatable bonds is 7. The molecule has 7 nitrogen and oxygen atoms in total. The predicted molar refractivity (Wildman–Crippen MR) is 142 cm³/mol. The lowest BCUT2D eigenvalue weighted by Crippen LogP contribution is -2.14. The normalized spacial score (nSPS) is 11.0. The van der Waals surface area contributed by atoms with E-state index in [1.165, 1.54) is 18.2 Å². The van der Waals surface area contributed by atoms with E-state index in [9.17, 15) is 20.2 Å². The smallest absolute Gasteiger partial charge is 0.269 e. The maximum absolute atomic E-state index is 12.7. The molecule has 0 aromatic heterocycles. The number of hydrogen-bond acceptors (Lipinski definition) is 5. The van der Waals surface area contributed by atoms with Crippen LogP contribution in [0.1, 0.15) is 22.3 Å². The molecule has 0 saturated carbocycles. The monoisotopic (exact) mass is 631 g/mol. The highest BCUT2D eigenvalue weighted by Gasteiger charge is 2.14. The third-order valence-corrected chi connectivity index (χ3v) is 6.25. The number of nitro groups is 1. The van der Waals surface area contributed by atoms with Gasteiger partial charge in [-0.3, -0.25) is 14.9 Å². The number of ether oxygens (including phenoxy) is 1. The summed E-state index contributed by atoms with van der Waals surface area (Å²) in [6, 6.07) is 17.3. The van der Waals surface area contributed by atoms with Gasteiger partial charge >= 0.3 is 0 Å². The number of amides is 1. The summed E-state index contributed by atoms with van der Waals surface area (Å²) < 4.78 is 7.32. The summed E-state index contributed by atoms with van der Waals surface area (Å²) in [7, 11) is 0. The van der Waals surface area contributed by atoms with Gasteiger partial charge < -0.3 is 10.1 Å². The van der Waals surface area contributed by atoms with E-state index in [-0.39, 0.29) is 17.9 Å². The average molecular weight is 632 g/mol. The number of halogens is 2. The van der Waals surface area contributed by atoms with Crippen LogP contribution in [0, 0.1) is 38.9 Å². The zero-order valence-corrected chi connectivity index (χ0v) is 22.0. The van der Waals surface area contributed by atoms with E-state index in [1.807, 2.05) is 38.1 Å². The van der Waals surface area contributed by atoms with Crippen LogP contribution >= 0.6 is 38.5 Å². The molecule has 3 aromatic carbocycles. The first-order valence-electron chi connectivity index (χ1n) is 10.0. The van der Waals surface area contributed by atoms with Crippen molar-refractivity contribution in [2.24, 2.45) is 0 Å². The number of nitrogens with one attached hydrogen (secondary N) is 1. The van der Waals surface area contributed by atoms with Crippen LogP contribution in [0.2, 0.25) is 0 Å². The molecule has 172 valence electrons. The Morgan fingerprint density at radius 3 is 2.50 bits per heavy atom. The van der Waals surface area contributed by atoms with Crippen molar-refractivity contribution in [2.45, 2.75) is 20.5 Å². The first-order valence-corrected chi connectivity index (χ1v) is 11.9. The van der Waals surface area contributed by atoms with Crippen LogP contribution in [0.4, 0.5) is 11.4 Å². The van der Waals surface area contributed by atoms with Gasteiger partial charge in [0.15, 0.2) is 0 Å². The number of hydrogen-bond donors (Lipinski definition) is 1. The quantitative estimate of drug-likeness (QED) is 0.103. The summed E-state index contributed by atoms with van der Waals surface area (Å²) >= 11 is 5.60. The van der Waals surface area contributed by atoms with E-state index < -0.39 is 10.8 Å². The third kappa shape index (κ3) is 6.42. The second-order valence-corrected chi connectivity index (χ2v) is 9.48.